The van der Waals surface area contributed by atoms with Gasteiger partial charge in [-0.05, 0) is 30.0 Å². The summed E-state index contributed by atoms with van der Waals surface area (Å²) in [5, 5.41) is 12.7. The minimum Gasteiger partial charge on any atom is -0.490 e. The molecule has 0 saturated carbocycles. The zero-order chi connectivity index (χ0) is 19.3. The first-order valence-electron chi connectivity index (χ1n) is 10.0. The van der Waals surface area contributed by atoms with Gasteiger partial charge >= 0.3 is 0 Å². The zero-order valence-electron chi connectivity index (χ0n) is 16.4. The molecule has 0 aliphatic carbocycles. The maximum Gasteiger partial charge on any atom is 0.127 e. The highest BCUT2D eigenvalue weighted by molar-refractivity contribution is 5.88. The van der Waals surface area contributed by atoms with E-state index in [1.165, 1.54) is 11.3 Å². The molecule has 0 bridgehead atoms. The van der Waals surface area contributed by atoms with Gasteiger partial charge in [0.15, 0.2) is 0 Å². The number of β-amino-alcohol motifs (C(OH)–C–C–N with tert-alkyl or cyclic N) is 1. The van der Waals surface area contributed by atoms with Crippen LogP contribution < -0.4 is 9.64 Å². The van der Waals surface area contributed by atoms with E-state index in [1.807, 2.05) is 24.3 Å². The Morgan fingerprint density at radius 2 is 1.61 bits per heavy atom. The van der Waals surface area contributed by atoms with Crippen LogP contribution in [-0.4, -0.2) is 55.4 Å². The number of rotatable bonds is 6. The number of aliphatic hydroxyl groups excluding tert-OH is 1. The largest absolute Gasteiger partial charge is 0.490 e. The highest BCUT2D eigenvalue weighted by Gasteiger charge is 2.20. The topological polar surface area (TPSA) is 35.9 Å². The molecule has 4 nitrogen and oxygen atoms in total. The Morgan fingerprint density at radius 3 is 2.43 bits per heavy atom. The molecule has 146 valence electrons. The van der Waals surface area contributed by atoms with Crippen molar-refractivity contribution in [2.75, 3.05) is 44.2 Å². The molecule has 1 fully saturated rings. The van der Waals surface area contributed by atoms with E-state index in [1.54, 1.807) is 0 Å². The van der Waals surface area contributed by atoms with E-state index >= 15 is 0 Å². The molecule has 1 saturated heterocycles. The van der Waals surface area contributed by atoms with Crippen molar-refractivity contribution in [3.63, 3.8) is 0 Å². The van der Waals surface area contributed by atoms with Gasteiger partial charge < -0.3 is 14.7 Å². The number of aliphatic hydroxyl groups is 1. The Balaban J connectivity index is 1.28. The van der Waals surface area contributed by atoms with Crippen molar-refractivity contribution >= 4 is 16.5 Å². The van der Waals surface area contributed by atoms with Crippen molar-refractivity contribution < 1.29 is 9.84 Å². The minimum atomic E-state index is -0.496. The summed E-state index contributed by atoms with van der Waals surface area (Å²) in [6.45, 7) is 7.01. The molecule has 1 aliphatic heterocycles. The standard InChI is InChI=1S/C24H28N2O2/c1-19-7-2-5-11-23(19)26-15-13-25(14-16-26)17-21(27)18-28-24-12-6-9-20-8-3-4-10-22(20)24/h2-12,21,27H,13-18H2,1H3. The second-order valence-corrected chi connectivity index (χ2v) is 7.52. The Labute approximate surface area is 167 Å². The third-order valence-electron chi connectivity index (χ3n) is 5.48. The molecule has 1 N–H and O–H groups in total. The first-order chi connectivity index (χ1) is 13.7. The fourth-order valence-electron chi connectivity index (χ4n) is 3.95. The summed E-state index contributed by atoms with van der Waals surface area (Å²) >= 11 is 0. The van der Waals surface area contributed by atoms with E-state index < -0.39 is 6.10 Å². The third kappa shape index (κ3) is 4.29. The lowest BCUT2D eigenvalue weighted by atomic mass is 10.1. The van der Waals surface area contributed by atoms with Gasteiger partial charge in [-0.3, -0.25) is 4.90 Å². The quantitative estimate of drug-likeness (QED) is 0.711. The monoisotopic (exact) mass is 376 g/mol. The van der Waals surface area contributed by atoms with E-state index in [0.29, 0.717) is 13.2 Å². The number of anilines is 1. The van der Waals surface area contributed by atoms with Crippen LogP contribution in [0.4, 0.5) is 5.69 Å². The van der Waals surface area contributed by atoms with E-state index in [4.69, 9.17) is 4.74 Å². The molecule has 3 aromatic carbocycles. The Bertz CT molecular complexity index is 914. The van der Waals surface area contributed by atoms with Crippen LogP contribution in [0, 0.1) is 6.92 Å². The van der Waals surface area contributed by atoms with Crippen molar-refractivity contribution in [3.05, 3.63) is 72.3 Å². The van der Waals surface area contributed by atoms with Crippen molar-refractivity contribution in [1.29, 1.82) is 0 Å². The predicted molar refractivity (Wildman–Crippen MR) is 115 cm³/mol. The highest BCUT2D eigenvalue weighted by atomic mass is 16.5. The number of piperazine rings is 1. The fourth-order valence-corrected chi connectivity index (χ4v) is 3.95. The van der Waals surface area contributed by atoms with Gasteiger partial charge in [0.05, 0.1) is 0 Å². The number of ether oxygens (including phenoxy) is 1. The number of hydrogen-bond donors (Lipinski definition) is 1. The highest BCUT2D eigenvalue weighted by Crippen LogP contribution is 2.25. The number of fused-ring (bicyclic) bond motifs is 1. The summed E-state index contributed by atoms with van der Waals surface area (Å²) in [7, 11) is 0. The first kappa shape index (κ1) is 18.8. The molecule has 1 heterocycles. The van der Waals surface area contributed by atoms with Crippen molar-refractivity contribution in [2.24, 2.45) is 0 Å². The maximum atomic E-state index is 10.5. The van der Waals surface area contributed by atoms with Crippen LogP contribution in [0.2, 0.25) is 0 Å². The average molecular weight is 377 g/mol. The summed E-state index contributed by atoms with van der Waals surface area (Å²) in [6.07, 6.45) is -0.496. The SMILES string of the molecule is Cc1ccccc1N1CCN(CC(O)COc2cccc3ccccc23)CC1. The Kier molecular flexibility index (Phi) is 5.79. The summed E-state index contributed by atoms with van der Waals surface area (Å²) in [5.74, 6) is 0.835. The summed E-state index contributed by atoms with van der Waals surface area (Å²) in [6, 6.07) is 22.8. The molecule has 4 rings (SSSR count). The van der Waals surface area contributed by atoms with E-state index in [0.717, 1.165) is 42.7 Å². The number of nitrogens with zero attached hydrogens (tertiary/aromatic N) is 2. The summed E-state index contributed by atoms with van der Waals surface area (Å²) in [4.78, 5) is 4.76. The second kappa shape index (κ2) is 8.63. The fraction of sp³-hybridized carbons (Fsp3) is 0.333. The summed E-state index contributed by atoms with van der Waals surface area (Å²) in [5.41, 5.74) is 2.64. The van der Waals surface area contributed by atoms with Gasteiger partial charge in [0.1, 0.15) is 18.5 Å². The lowest BCUT2D eigenvalue weighted by molar-refractivity contribution is 0.0668. The van der Waals surface area contributed by atoms with Crippen molar-refractivity contribution in [1.82, 2.24) is 4.90 Å². The number of para-hydroxylation sites is 1. The zero-order valence-corrected chi connectivity index (χ0v) is 16.4. The lowest BCUT2D eigenvalue weighted by Crippen LogP contribution is -2.49. The van der Waals surface area contributed by atoms with Crippen LogP contribution in [0.25, 0.3) is 10.8 Å². The van der Waals surface area contributed by atoms with Gasteiger partial charge in [0.2, 0.25) is 0 Å². The molecule has 1 unspecified atom stereocenters. The van der Waals surface area contributed by atoms with Gasteiger partial charge in [-0.15, -0.1) is 0 Å². The third-order valence-corrected chi connectivity index (χ3v) is 5.48. The lowest BCUT2D eigenvalue weighted by Gasteiger charge is -2.37. The van der Waals surface area contributed by atoms with Gasteiger partial charge in [-0.25, -0.2) is 0 Å². The molecule has 28 heavy (non-hydrogen) atoms. The predicted octanol–water partition coefficient (Wildman–Crippen LogP) is 3.71. The minimum absolute atomic E-state index is 0.312. The van der Waals surface area contributed by atoms with Gasteiger partial charge in [0, 0.05) is 43.8 Å². The van der Waals surface area contributed by atoms with Crippen LogP contribution in [0.5, 0.6) is 5.75 Å². The van der Waals surface area contributed by atoms with E-state index in [9.17, 15) is 5.11 Å². The second-order valence-electron chi connectivity index (χ2n) is 7.52. The number of aryl methyl sites for hydroxylation is 1. The molecule has 0 spiro atoms. The van der Waals surface area contributed by atoms with Gasteiger partial charge in [-0.2, -0.15) is 0 Å². The van der Waals surface area contributed by atoms with Crippen LogP contribution in [0.15, 0.2) is 66.7 Å². The number of benzene rings is 3. The van der Waals surface area contributed by atoms with Crippen LogP contribution >= 0.6 is 0 Å². The molecule has 0 aromatic heterocycles. The van der Waals surface area contributed by atoms with Gasteiger partial charge in [0.25, 0.3) is 0 Å². The normalized spacial score (nSPS) is 16.3. The van der Waals surface area contributed by atoms with E-state index in [-0.39, 0.29) is 0 Å². The molecular weight excluding hydrogens is 348 g/mol. The molecule has 3 aromatic rings. The molecule has 4 heteroatoms. The first-order valence-corrected chi connectivity index (χ1v) is 10.0. The van der Waals surface area contributed by atoms with Crippen molar-refractivity contribution in [3.8, 4) is 5.75 Å². The average Bonchev–Trinajstić information content (AvgIpc) is 2.73. The molecule has 0 amide bonds. The Hall–Kier alpha value is -2.56. The van der Waals surface area contributed by atoms with Gasteiger partial charge in [-0.1, -0.05) is 54.6 Å². The van der Waals surface area contributed by atoms with Crippen LogP contribution in [0.1, 0.15) is 5.56 Å². The maximum absolute atomic E-state index is 10.5. The van der Waals surface area contributed by atoms with E-state index in [2.05, 4.69) is 59.2 Å². The smallest absolute Gasteiger partial charge is 0.127 e. The van der Waals surface area contributed by atoms with Crippen molar-refractivity contribution in [2.45, 2.75) is 13.0 Å². The summed E-state index contributed by atoms with van der Waals surface area (Å²) < 4.78 is 5.94. The van der Waals surface area contributed by atoms with Crippen LogP contribution in [-0.2, 0) is 0 Å². The number of hydrogen-bond acceptors (Lipinski definition) is 4. The molecule has 1 atom stereocenters. The molecule has 1 aliphatic rings. The molecular formula is C24H28N2O2. The Morgan fingerprint density at radius 1 is 0.893 bits per heavy atom. The molecule has 0 radical (unpaired) electrons. The van der Waals surface area contributed by atoms with Crippen LogP contribution in [0.3, 0.4) is 0 Å².